The van der Waals surface area contributed by atoms with Gasteiger partial charge >= 0.3 is 6.09 Å². The molecule has 4 rings (SSSR count). The van der Waals surface area contributed by atoms with Crippen LogP contribution in [0.25, 0.3) is 27.4 Å². The average molecular weight is 411 g/mol. The van der Waals surface area contributed by atoms with Gasteiger partial charge in [-0.15, -0.1) is 0 Å². The Morgan fingerprint density at radius 3 is 2.62 bits per heavy atom. The Hall–Kier alpha value is -2.46. The van der Waals surface area contributed by atoms with E-state index in [-0.39, 0.29) is 6.09 Å². The van der Waals surface area contributed by atoms with Gasteiger partial charge in [0.25, 0.3) is 0 Å². The standard InChI is InChI=1S/C24H27ClN2O2/c1-14-15(2)22-18-11-16(8-9-20(18)26-21(22)12-19(14)25)17-7-6-10-27(13-17)23(28)29-24(3,4)5/h8-9,11-13,26H,6-7,10H2,1-5H3. The van der Waals surface area contributed by atoms with Crippen LogP contribution in [0.5, 0.6) is 0 Å². The Balaban J connectivity index is 1.76. The molecule has 1 aliphatic rings. The molecule has 4 nitrogen and oxygen atoms in total. The number of hydrogen-bond donors (Lipinski definition) is 1. The van der Waals surface area contributed by atoms with Crippen LogP contribution in [-0.4, -0.2) is 28.1 Å². The number of aromatic nitrogens is 1. The van der Waals surface area contributed by atoms with E-state index in [1.54, 1.807) is 4.90 Å². The maximum atomic E-state index is 12.5. The first-order chi connectivity index (χ1) is 13.6. The molecular formula is C24H27ClN2O2. The number of amides is 1. The number of hydrogen-bond acceptors (Lipinski definition) is 2. The number of nitrogens with one attached hydrogen (secondary N) is 1. The molecule has 0 saturated carbocycles. The van der Waals surface area contributed by atoms with Crippen LogP contribution in [-0.2, 0) is 4.74 Å². The Morgan fingerprint density at radius 1 is 1.14 bits per heavy atom. The number of H-pyrrole nitrogens is 1. The second-order valence-corrected chi connectivity index (χ2v) is 9.26. The van der Waals surface area contributed by atoms with E-state index < -0.39 is 5.60 Å². The van der Waals surface area contributed by atoms with E-state index in [0.29, 0.717) is 6.54 Å². The first-order valence-corrected chi connectivity index (χ1v) is 10.4. The van der Waals surface area contributed by atoms with Crippen molar-refractivity contribution in [2.24, 2.45) is 0 Å². The van der Waals surface area contributed by atoms with Crippen molar-refractivity contribution in [3.05, 3.63) is 52.2 Å². The SMILES string of the molecule is Cc1c(Cl)cc2[nH]c3ccc(C4=CN(C(=O)OC(C)(C)C)CCC4)cc3c2c1C. The number of halogens is 1. The van der Waals surface area contributed by atoms with Crippen molar-refractivity contribution in [3.63, 3.8) is 0 Å². The lowest BCUT2D eigenvalue weighted by atomic mass is 9.96. The minimum Gasteiger partial charge on any atom is -0.443 e. The molecule has 0 fully saturated rings. The summed E-state index contributed by atoms with van der Waals surface area (Å²) in [7, 11) is 0. The van der Waals surface area contributed by atoms with Crippen LogP contribution in [0.4, 0.5) is 4.79 Å². The van der Waals surface area contributed by atoms with Gasteiger partial charge in [-0.05, 0) is 87.9 Å². The van der Waals surface area contributed by atoms with Crippen LogP contribution in [0.1, 0.15) is 50.3 Å². The Labute approximate surface area is 176 Å². The third-order valence-electron chi connectivity index (χ3n) is 5.55. The van der Waals surface area contributed by atoms with Crippen LogP contribution >= 0.6 is 11.6 Å². The Morgan fingerprint density at radius 2 is 1.90 bits per heavy atom. The molecule has 1 aromatic heterocycles. The highest BCUT2D eigenvalue weighted by Crippen LogP contribution is 2.36. The lowest BCUT2D eigenvalue weighted by Gasteiger charge is -2.28. The second kappa shape index (κ2) is 7.10. The van der Waals surface area contributed by atoms with E-state index in [1.807, 2.05) is 33.0 Å². The van der Waals surface area contributed by atoms with Crippen LogP contribution in [0.3, 0.4) is 0 Å². The number of ether oxygens (including phenoxy) is 1. The second-order valence-electron chi connectivity index (χ2n) is 8.85. The van der Waals surface area contributed by atoms with E-state index in [1.165, 1.54) is 16.3 Å². The highest BCUT2D eigenvalue weighted by Gasteiger charge is 2.24. The summed E-state index contributed by atoms with van der Waals surface area (Å²) in [4.78, 5) is 17.7. The predicted octanol–water partition coefficient (Wildman–Crippen LogP) is 6.96. The zero-order valence-corrected chi connectivity index (χ0v) is 18.4. The molecule has 2 heterocycles. The van der Waals surface area contributed by atoms with Crippen LogP contribution in [0.2, 0.25) is 5.02 Å². The Bertz CT molecular complexity index is 1150. The van der Waals surface area contributed by atoms with Gasteiger partial charge in [-0.2, -0.15) is 0 Å². The van der Waals surface area contributed by atoms with Crippen molar-refractivity contribution >= 4 is 45.1 Å². The molecule has 3 aromatic rings. The molecule has 0 saturated heterocycles. The highest BCUT2D eigenvalue weighted by molar-refractivity contribution is 6.32. The van der Waals surface area contributed by atoms with Gasteiger partial charge in [0.05, 0.1) is 0 Å². The summed E-state index contributed by atoms with van der Waals surface area (Å²) in [6.45, 7) is 10.5. The van der Waals surface area contributed by atoms with Crippen LogP contribution < -0.4 is 0 Å². The molecule has 5 heteroatoms. The fourth-order valence-corrected chi connectivity index (χ4v) is 4.22. The molecule has 0 unspecified atom stereocenters. The maximum absolute atomic E-state index is 12.5. The maximum Gasteiger partial charge on any atom is 0.414 e. The fraction of sp³-hybridized carbons (Fsp3) is 0.375. The monoisotopic (exact) mass is 410 g/mol. The summed E-state index contributed by atoms with van der Waals surface area (Å²) in [6.07, 6.45) is 3.52. The molecule has 1 N–H and O–H groups in total. The number of aromatic amines is 1. The smallest absolute Gasteiger partial charge is 0.414 e. The van der Waals surface area contributed by atoms with Gasteiger partial charge < -0.3 is 9.72 Å². The molecule has 0 aliphatic carbocycles. The van der Waals surface area contributed by atoms with Gasteiger partial charge in [0.15, 0.2) is 0 Å². The number of allylic oxidation sites excluding steroid dienone is 1. The quantitative estimate of drug-likeness (QED) is 0.471. The van der Waals surface area contributed by atoms with E-state index in [0.717, 1.165) is 45.6 Å². The van der Waals surface area contributed by atoms with Crippen molar-refractivity contribution in [1.82, 2.24) is 9.88 Å². The summed E-state index contributed by atoms with van der Waals surface area (Å²) in [5.41, 5.74) is 6.25. The summed E-state index contributed by atoms with van der Waals surface area (Å²) in [5, 5.41) is 3.18. The molecule has 0 radical (unpaired) electrons. The van der Waals surface area contributed by atoms with Gasteiger partial charge in [0, 0.05) is 39.6 Å². The number of fused-ring (bicyclic) bond motifs is 3. The molecule has 2 aromatic carbocycles. The summed E-state index contributed by atoms with van der Waals surface area (Å²) in [6, 6.07) is 8.45. The molecule has 1 amide bonds. The Kier molecular flexibility index (Phi) is 4.86. The van der Waals surface area contributed by atoms with Crippen molar-refractivity contribution < 1.29 is 9.53 Å². The third kappa shape index (κ3) is 3.74. The van der Waals surface area contributed by atoms with Crippen molar-refractivity contribution in [2.75, 3.05) is 6.54 Å². The van der Waals surface area contributed by atoms with Gasteiger partial charge in [0.2, 0.25) is 0 Å². The predicted molar refractivity (Wildman–Crippen MR) is 120 cm³/mol. The van der Waals surface area contributed by atoms with Crippen molar-refractivity contribution in [3.8, 4) is 0 Å². The molecule has 152 valence electrons. The normalized spacial score (nSPS) is 15.1. The van der Waals surface area contributed by atoms with Gasteiger partial charge in [-0.1, -0.05) is 17.7 Å². The number of aryl methyl sites for hydroxylation is 1. The largest absolute Gasteiger partial charge is 0.443 e. The summed E-state index contributed by atoms with van der Waals surface area (Å²) >= 11 is 6.39. The minimum absolute atomic E-state index is 0.288. The zero-order valence-electron chi connectivity index (χ0n) is 17.6. The number of carbonyl (C=O) groups is 1. The van der Waals surface area contributed by atoms with E-state index in [4.69, 9.17) is 16.3 Å². The number of carbonyl (C=O) groups excluding carboxylic acids is 1. The minimum atomic E-state index is -0.498. The summed E-state index contributed by atoms with van der Waals surface area (Å²) < 4.78 is 5.54. The first-order valence-electron chi connectivity index (χ1n) is 10.1. The molecule has 29 heavy (non-hydrogen) atoms. The van der Waals surface area contributed by atoms with Crippen molar-refractivity contribution in [1.29, 1.82) is 0 Å². The topological polar surface area (TPSA) is 45.3 Å². The van der Waals surface area contributed by atoms with Gasteiger partial charge in [-0.3, -0.25) is 4.90 Å². The first kappa shape index (κ1) is 19.8. The molecular weight excluding hydrogens is 384 g/mol. The van der Waals surface area contributed by atoms with Crippen LogP contribution in [0, 0.1) is 13.8 Å². The molecule has 0 atom stereocenters. The number of nitrogens with zero attached hydrogens (tertiary/aromatic N) is 1. The number of rotatable bonds is 1. The third-order valence-corrected chi connectivity index (χ3v) is 5.94. The van der Waals surface area contributed by atoms with E-state index >= 15 is 0 Å². The highest BCUT2D eigenvalue weighted by atomic mass is 35.5. The molecule has 1 aliphatic heterocycles. The van der Waals surface area contributed by atoms with Crippen LogP contribution in [0.15, 0.2) is 30.5 Å². The van der Waals surface area contributed by atoms with E-state index in [2.05, 4.69) is 37.0 Å². The lowest BCUT2D eigenvalue weighted by molar-refractivity contribution is 0.0329. The zero-order chi connectivity index (χ0) is 20.9. The summed E-state index contributed by atoms with van der Waals surface area (Å²) in [5.74, 6) is 0. The van der Waals surface area contributed by atoms with E-state index in [9.17, 15) is 4.79 Å². The van der Waals surface area contributed by atoms with Gasteiger partial charge in [0.1, 0.15) is 5.60 Å². The van der Waals surface area contributed by atoms with Gasteiger partial charge in [-0.25, -0.2) is 4.79 Å². The molecule has 0 spiro atoms. The molecule has 0 bridgehead atoms. The average Bonchev–Trinajstić information content (AvgIpc) is 3.02. The lowest BCUT2D eigenvalue weighted by Crippen LogP contribution is -2.35. The fourth-order valence-electron chi connectivity index (χ4n) is 3.97. The van der Waals surface area contributed by atoms with Crippen molar-refractivity contribution in [2.45, 2.75) is 53.1 Å². The number of benzene rings is 2.